The second-order valence-corrected chi connectivity index (χ2v) is 18.1. The van der Waals surface area contributed by atoms with Crippen LogP contribution in [0.25, 0.3) is 21.6 Å². The van der Waals surface area contributed by atoms with E-state index in [0.29, 0.717) is 48.5 Å². The number of sulfonamides is 1. The molecule has 0 saturated heterocycles. The molecule has 2 N–H and O–H groups in total. The largest absolute Gasteiger partial charge is 0.496 e. The van der Waals surface area contributed by atoms with Crippen LogP contribution < -0.4 is 19.5 Å². The molecule has 3 aliphatic carbocycles. The van der Waals surface area contributed by atoms with Crippen LogP contribution in [0.15, 0.2) is 36.2 Å². The maximum absolute atomic E-state index is 14.2. The fourth-order valence-corrected chi connectivity index (χ4v) is 9.61. The average Bonchev–Trinajstić information content (AvgIpc) is 3.97. The molecule has 2 aromatic heterocycles. The van der Waals surface area contributed by atoms with Crippen molar-refractivity contribution in [2.75, 3.05) is 20.7 Å². The summed E-state index contributed by atoms with van der Waals surface area (Å²) in [6.45, 7) is 12.2. The predicted molar refractivity (Wildman–Crippen MR) is 205 cm³/mol. The molecule has 0 bridgehead atoms. The smallest absolute Gasteiger partial charge is 0.259 e. The lowest BCUT2D eigenvalue weighted by atomic mass is 9.93. The molecule has 14 heteroatoms. The average molecular weight is 766 g/mol. The monoisotopic (exact) mass is 765 g/mol. The van der Waals surface area contributed by atoms with Crippen molar-refractivity contribution in [2.24, 2.45) is 17.8 Å². The minimum Gasteiger partial charge on any atom is -0.496 e. The van der Waals surface area contributed by atoms with Gasteiger partial charge in [-0.2, -0.15) is 0 Å². The van der Waals surface area contributed by atoms with Crippen LogP contribution in [-0.2, 0) is 24.4 Å². The quantitative estimate of drug-likeness (QED) is 0.134. The van der Waals surface area contributed by atoms with Gasteiger partial charge in [0.2, 0.25) is 21.8 Å². The number of fused-ring (bicyclic) bond motifs is 1. The van der Waals surface area contributed by atoms with Gasteiger partial charge >= 0.3 is 0 Å². The summed E-state index contributed by atoms with van der Waals surface area (Å²) in [6, 6.07) is 5.65. The number of amides is 3. The van der Waals surface area contributed by atoms with Crippen LogP contribution in [0.3, 0.4) is 0 Å². The van der Waals surface area contributed by atoms with E-state index in [1.54, 1.807) is 26.0 Å². The summed E-state index contributed by atoms with van der Waals surface area (Å²) < 4.78 is 39.9. The van der Waals surface area contributed by atoms with Gasteiger partial charge in [0.1, 0.15) is 33.8 Å². The van der Waals surface area contributed by atoms with Gasteiger partial charge in [-0.3, -0.25) is 19.1 Å². The van der Waals surface area contributed by atoms with Crippen molar-refractivity contribution in [3.8, 4) is 22.2 Å². The summed E-state index contributed by atoms with van der Waals surface area (Å²) in [5, 5.41) is 5.89. The van der Waals surface area contributed by atoms with E-state index in [4.69, 9.17) is 19.4 Å². The first-order chi connectivity index (χ1) is 25.2. The fourth-order valence-electron chi connectivity index (χ4n) is 7.30. The lowest BCUT2D eigenvalue weighted by Gasteiger charge is -2.26. The normalized spacial score (nSPS) is 23.8. The maximum atomic E-state index is 14.2. The number of carbonyl (C=O) groups is 3. The van der Waals surface area contributed by atoms with Crippen molar-refractivity contribution in [3.63, 3.8) is 0 Å². The third kappa shape index (κ3) is 8.08. The fraction of sp³-hybridized carbons (Fsp3) is 0.564. The number of benzene rings is 1. The summed E-state index contributed by atoms with van der Waals surface area (Å²) in [4.78, 5) is 53.2. The van der Waals surface area contributed by atoms with E-state index >= 15 is 0 Å². The summed E-state index contributed by atoms with van der Waals surface area (Å²) >= 11 is 1.51. The number of pyridine rings is 1. The number of methoxy groups -OCH3 is 1. The van der Waals surface area contributed by atoms with Gasteiger partial charge in [-0.25, -0.2) is 18.4 Å². The summed E-state index contributed by atoms with van der Waals surface area (Å²) in [5.41, 5.74) is 1.82. The summed E-state index contributed by atoms with van der Waals surface area (Å²) in [5.74, 6) is -1.63. The van der Waals surface area contributed by atoms with E-state index in [1.165, 1.54) is 11.3 Å². The van der Waals surface area contributed by atoms with E-state index in [0.717, 1.165) is 40.9 Å². The van der Waals surface area contributed by atoms with Crippen LogP contribution in [0, 0.1) is 24.7 Å². The number of hydrogen-bond acceptors (Lipinski definition) is 10. The molecule has 3 fully saturated rings. The SMILES string of the molecule is C=CCCCCN(C)C(=O)[C@@H]1C[C@H](Oc2cc(-c3nc(C(C)C)cs3)nc3c(C)c(OC)ccc23)C[C@H]1C(=O)N[C@]1(C(=O)NS(=O)(=O)C2CC2)C[C@H]1C. The molecule has 3 amide bonds. The van der Waals surface area contributed by atoms with Crippen molar-refractivity contribution in [1.29, 1.82) is 0 Å². The molecule has 286 valence electrons. The zero-order valence-electron chi connectivity index (χ0n) is 31.4. The highest BCUT2D eigenvalue weighted by Gasteiger charge is 2.61. The highest BCUT2D eigenvalue weighted by atomic mass is 32.2. The Bertz CT molecular complexity index is 2010. The minimum absolute atomic E-state index is 0.168. The van der Waals surface area contributed by atoms with Crippen molar-refractivity contribution in [1.82, 2.24) is 24.9 Å². The number of nitrogens with zero attached hydrogens (tertiary/aromatic N) is 3. The second kappa shape index (κ2) is 15.4. The Morgan fingerprint density at radius 2 is 1.85 bits per heavy atom. The van der Waals surface area contributed by atoms with Gasteiger partial charge in [0, 0.05) is 36.0 Å². The van der Waals surface area contributed by atoms with E-state index in [9.17, 15) is 22.8 Å². The Balaban J connectivity index is 1.30. The Morgan fingerprint density at radius 3 is 2.47 bits per heavy atom. The molecule has 2 heterocycles. The molecule has 5 atom stereocenters. The third-order valence-corrected chi connectivity index (χ3v) is 13.7. The van der Waals surface area contributed by atoms with Gasteiger partial charge in [0.15, 0.2) is 0 Å². The van der Waals surface area contributed by atoms with Gasteiger partial charge in [-0.15, -0.1) is 17.9 Å². The standard InChI is InChI=1S/C39H51N5O7S2/c1-8-9-10-11-16-44(6)37(46)29-18-25(17-28(29)35(45)42-39(20-23(39)4)38(47)43-53(48,49)26-12-13-26)51-33-19-30(36-41-31(21-52-36)22(2)3)40-34-24(5)32(50-7)15-14-27(33)34/h8,14-15,19,21-23,25-26,28-29H,1,9-13,16-18,20H2,2-7H3,(H,42,45)(H,43,47)/t23-,25-,28-,29-,39-/m1/s1. The molecular weight excluding hydrogens is 715 g/mol. The first kappa shape index (κ1) is 38.7. The zero-order valence-corrected chi connectivity index (χ0v) is 33.1. The number of aryl methyl sites for hydroxylation is 1. The molecule has 53 heavy (non-hydrogen) atoms. The number of rotatable bonds is 16. The van der Waals surface area contributed by atoms with E-state index < -0.39 is 50.6 Å². The Kier molecular flexibility index (Phi) is 11.2. The first-order valence-corrected chi connectivity index (χ1v) is 21.0. The third-order valence-electron chi connectivity index (χ3n) is 11.0. The van der Waals surface area contributed by atoms with Crippen LogP contribution in [0.1, 0.15) is 89.3 Å². The number of thiazole rings is 1. The van der Waals surface area contributed by atoms with Gasteiger partial charge in [0.25, 0.3) is 5.91 Å². The Labute approximate surface area is 316 Å². The topological polar surface area (TPSA) is 157 Å². The lowest BCUT2D eigenvalue weighted by molar-refractivity contribution is -0.140. The molecule has 6 rings (SSSR count). The van der Waals surface area contributed by atoms with Crippen molar-refractivity contribution in [2.45, 2.75) is 102 Å². The van der Waals surface area contributed by atoms with Gasteiger partial charge in [-0.1, -0.05) is 26.8 Å². The number of unbranched alkanes of at least 4 members (excludes halogenated alkanes) is 2. The predicted octanol–water partition coefficient (Wildman–Crippen LogP) is 5.89. The minimum atomic E-state index is -3.81. The number of nitrogens with one attached hydrogen (secondary N) is 2. The molecule has 3 saturated carbocycles. The number of aromatic nitrogens is 2. The molecule has 1 aromatic carbocycles. The van der Waals surface area contributed by atoms with Crippen molar-refractivity contribution >= 4 is 50.0 Å². The first-order valence-electron chi connectivity index (χ1n) is 18.5. The Hall–Kier alpha value is -4.04. The van der Waals surface area contributed by atoms with E-state index in [1.807, 2.05) is 36.6 Å². The van der Waals surface area contributed by atoms with E-state index in [2.05, 4.69) is 30.5 Å². The van der Waals surface area contributed by atoms with Gasteiger partial charge < -0.3 is 19.7 Å². The molecule has 0 spiro atoms. The van der Waals surface area contributed by atoms with Crippen LogP contribution in [0.2, 0.25) is 0 Å². The van der Waals surface area contributed by atoms with Crippen molar-refractivity contribution in [3.05, 3.63) is 47.5 Å². The van der Waals surface area contributed by atoms with Crippen LogP contribution >= 0.6 is 11.3 Å². The lowest BCUT2D eigenvalue weighted by Crippen LogP contribution is -2.54. The molecule has 3 aliphatic rings. The highest BCUT2D eigenvalue weighted by Crippen LogP contribution is 2.46. The maximum Gasteiger partial charge on any atom is 0.259 e. The van der Waals surface area contributed by atoms with Gasteiger partial charge in [0.05, 0.1) is 35.4 Å². The van der Waals surface area contributed by atoms with E-state index in [-0.39, 0.29) is 30.6 Å². The molecule has 0 aliphatic heterocycles. The van der Waals surface area contributed by atoms with Crippen LogP contribution in [0.4, 0.5) is 0 Å². The Morgan fingerprint density at radius 1 is 1.13 bits per heavy atom. The highest BCUT2D eigenvalue weighted by molar-refractivity contribution is 7.91. The van der Waals surface area contributed by atoms with Crippen molar-refractivity contribution < 1.29 is 32.3 Å². The number of carbonyl (C=O) groups excluding carboxylic acids is 3. The molecule has 3 aromatic rings. The number of allylic oxidation sites excluding steroid dienone is 1. The van der Waals surface area contributed by atoms with Crippen LogP contribution in [-0.4, -0.2) is 78.6 Å². The number of hydrogen-bond donors (Lipinski definition) is 2. The number of ether oxygens (including phenoxy) is 2. The molecule has 12 nitrogen and oxygen atoms in total. The van der Waals surface area contributed by atoms with Gasteiger partial charge in [-0.05, 0) is 82.3 Å². The molecular formula is C39H51N5O7S2. The molecule has 0 radical (unpaired) electrons. The summed E-state index contributed by atoms with van der Waals surface area (Å²) in [7, 11) is -0.442. The summed E-state index contributed by atoms with van der Waals surface area (Å²) in [6.07, 6.45) is 5.69. The zero-order chi connectivity index (χ0) is 38.2. The second-order valence-electron chi connectivity index (χ2n) is 15.2. The molecule has 0 unspecified atom stereocenters. The van der Waals surface area contributed by atoms with Crippen LogP contribution in [0.5, 0.6) is 11.5 Å².